The van der Waals surface area contributed by atoms with Crippen molar-refractivity contribution in [3.63, 3.8) is 0 Å². The van der Waals surface area contributed by atoms with Crippen molar-refractivity contribution in [1.82, 2.24) is 29.8 Å². The largest absolute Gasteiger partial charge is 0.339 e. The molecule has 0 N–H and O–H groups in total. The quantitative estimate of drug-likeness (QED) is 0.718. The van der Waals surface area contributed by atoms with E-state index in [9.17, 15) is 4.79 Å². The van der Waals surface area contributed by atoms with Gasteiger partial charge in [-0.25, -0.2) is 0 Å². The zero-order valence-electron chi connectivity index (χ0n) is 14.8. The van der Waals surface area contributed by atoms with E-state index in [0.29, 0.717) is 23.8 Å². The Morgan fingerprint density at radius 1 is 1.35 bits per heavy atom. The SMILES string of the molecule is Cc1c(C(=O)N2CCCC(c3nc(-c4cccnc4)no3)C2)cnn1C. The summed E-state index contributed by atoms with van der Waals surface area (Å²) in [6, 6.07) is 3.73. The Balaban J connectivity index is 1.51. The molecule has 8 nitrogen and oxygen atoms in total. The standard InChI is InChI=1S/C18H20N6O2/c1-12-15(10-20-23(12)2)18(25)24-8-4-6-14(11-24)17-21-16(22-26-17)13-5-3-7-19-9-13/h3,5,7,9-10,14H,4,6,8,11H2,1-2H3. The van der Waals surface area contributed by atoms with Crippen molar-refractivity contribution < 1.29 is 9.32 Å². The van der Waals surface area contributed by atoms with Crippen LogP contribution in [0.2, 0.25) is 0 Å². The summed E-state index contributed by atoms with van der Waals surface area (Å²) < 4.78 is 7.19. The molecule has 26 heavy (non-hydrogen) atoms. The van der Waals surface area contributed by atoms with Crippen molar-refractivity contribution in [3.8, 4) is 11.4 Å². The van der Waals surface area contributed by atoms with Crippen LogP contribution in [0.15, 0.2) is 35.2 Å². The average Bonchev–Trinajstić information content (AvgIpc) is 3.30. The van der Waals surface area contributed by atoms with E-state index in [0.717, 1.165) is 30.6 Å². The van der Waals surface area contributed by atoms with Crippen LogP contribution in [0.25, 0.3) is 11.4 Å². The van der Waals surface area contributed by atoms with Gasteiger partial charge in [0.15, 0.2) is 0 Å². The van der Waals surface area contributed by atoms with Crippen molar-refractivity contribution >= 4 is 5.91 Å². The first-order chi connectivity index (χ1) is 12.6. The maximum Gasteiger partial charge on any atom is 0.257 e. The summed E-state index contributed by atoms with van der Waals surface area (Å²) in [6.07, 6.45) is 6.87. The molecule has 134 valence electrons. The van der Waals surface area contributed by atoms with Gasteiger partial charge >= 0.3 is 0 Å². The summed E-state index contributed by atoms with van der Waals surface area (Å²) in [5.74, 6) is 1.15. The minimum absolute atomic E-state index is 0.00676. The smallest absolute Gasteiger partial charge is 0.257 e. The first-order valence-corrected chi connectivity index (χ1v) is 8.65. The third kappa shape index (κ3) is 2.98. The van der Waals surface area contributed by atoms with Crippen LogP contribution in [0.4, 0.5) is 0 Å². The van der Waals surface area contributed by atoms with Crippen molar-refractivity contribution in [2.75, 3.05) is 13.1 Å². The number of pyridine rings is 1. The second-order valence-corrected chi connectivity index (χ2v) is 6.56. The van der Waals surface area contributed by atoms with E-state index < -0.39 is 0 Å². The van der Waals surface area contributed by atoms with Gasteiger partial charge in [-0.3, -0.25) is 14.5 Å². The summed E-state index contributed by atoms with van der Waals surface area (Å²) in [5, 5.41) is 8.23. The molecule has 1 fully saturated rings. The van der Waals surface area contributed by atoms with Crippen LogP contribution in [0.1, 0.15) is 40.7 Å². The van der Waals surface area contributed by atoms with Crippen LogP contribution >= 0.6 is 0 Å². The lowest BCUT2D eigenvalue weighted by Crippen LogP contribution is -2.39. The first kappa shape index (κ1) is 16.4. The Labute approximate surface area is 150 Å². The van der Waals surface area contributed by atoms with Gasteiger partial charge in [0.1, 0.15) is 0 Å². The monoisotopic (exact) mass is 352 g/mol. The van der Waals surface area contributed by atoms with E-state index in [-0.39, 0.29) is 11.8 Å². The predicted octanol–water partition coefficient (Wildman–Crippen LogP) is 2.19. The van der Waals surface area contributed by atoms with Gasteiger partial charge in [-0.2, -0.15) is 10.1 Å². The highest BCUT2D eigenvalue weighted by Gasteiger charge is 2.30. The molecule has 1 amide bonds. The van der Waals surface area contributed by atoms with Gasteiger partial charge in [0.25, 0.3) is 5.91 Å². The van der Waals surface area contributed by atoms with Gasteiger partial charge in [-0.15, -0.1) is 0 Å². The zero-order chi connectivity index (χ0) is 18.1. The number of carbonyl (C=O) groups excluding carboxylic acids is 1. The van der Waals surface area contributed by atoms with Crippen LogP contribution in [-0.2, 0) is 7.05 Å². The van der Waals surface area contributed by atoms with Gasteiger partial charge in [0, 0.05) is 43.8 Å². The highest BCUT2D eigenvalue weighted by molar-refractivity contribution is 5.95. The number of piperidine rings is 1. The molecule has 1 aliphatic heterocycles. The lowest BCUT2D eigenvalue weighted by atomic mass is 9.97. The predicted molar refractivity (Wildman–Crippen MR) is 93.4 cm³/mol. The van der Waals surface area contributed by atoms with Gasteiger partial charge in [0.2, 0.25) is 11.7 Å². The molecular weight excluding hydrogens is 332 g/mol. The van der Waals surface area contributed by atoms with Crippen LogP contribution in [-0.4, -0.2) is 48.8 Å². The number of rotatable bonds is 3. The number of amides is 1. The molecule has 1 saturated heterocycles. The van der Waals surface area contributed by atoms with Gasteiger partial charge in [-0.05, 0) is 31.9 Å². The number of aromatic nitrogens is 5. The molecule has 0 aliphatic carbocycles. The van der Waals surface area contributed by atoms with Crippen LogP contribution < -0.4 is 0 Å². The molecule has 0 aromatic carbocycles. The lowest BCUT2D eigenvalue weighted by Gasteiger charge is -2.30. The normalized spacial score (nSPS) is 17.5. The van der Waals surface area contributed by atoms with E-state index in [1.807, 2.05) is 31.0 Å². The van der Waals surface area contributed by atoms with Crippen molar-refractivity contribution in [3.05, 3.63) is 47.9 Å². The van der Waals surface area contributed by atoms with E-state index in [1.54, 1.807) is 23.3 Å². The average molecular weight is 352 g/mol. The third-order valence-corrected chi connectivity index (χ3v) is 4.88. The van der Waals surface area contributed by atoms with E-state index in [4.69, 9.17) is 4.52 Å². The van der Waals surface area contributed by atoms with Crippen molar-refractivity contribution in [2.24, 2.45) is 7.05 Å². The minimum atomic E-state index is 0.00676. The number of likely N-dealkylation sites (tertiary alicyclic amines) is 1. The van der Waals surface area contributed by atoms with Crippen LogP contribution in [0.3, 0.4) is 0 Å². The zero-order valence-corrected chi connectivity index (χ0v) is 14.8. The fraction of sp³-hybridized carbons (Fsp3) is 0.389. The molecule has 0 saturated carbocycles. The lowest BCUT2D eigenvalue weighted by molar-refractivity contribution is 0.0695. The van der Waals surface area contributed by atoms with Crippen molar-refractivity contribution in [1.29, 1.82) is 0 Å². The molecule has 4 rings (SSSR count). The molecule has 0 spiro atoms. The van der Waals surface area contributed by atoms with Gasteiger partial charge in [0.05, 0.1) is 17.7 Å². The summed E-state index contributed by atoms with van der Waals surface area (Å²) in [4.78, 5) is 23.3. The molecular formula is C18H20N6O2. The highest BCUT2D eigenvalue weighted by Crippen LogP contribution is 2.28. The number of nitrogens with zero attached hydrogens (tertiary/aromatic N) is 6. The Bertz CT molecular complexity index is 917. The maximum absolute atomic E-state index is 12.8. The van der Waals surface area contributed by atoms with Crippen LogP contribution in [0.5, 0.6) is 0 Å². The topological polar surface area (TPSA) is 89.9 Å². The maximum atomic E-state index is 12.8. The van der Waals surface area contributed by atoms with Crippen molar-refractivity contribution in [2.45, 2.75) is 25.7 Å². The molecule has 0 bridgehead atoms. The molecule has 0 radical (unpaired) electrons. The fourth-order valence-corrected chi connectivity index (χ4v) is 3.26. The molecule has 1 aliphatic rings. The fourth-order valence-electron chi connectivity index (χ4n) is 3.26. The Morgan fingerprint density at radius 3 is 2.96 bits per heavy atom. The van der Waals surface area contributed by atoms with E-state index >= 15 is 0 Å². The molecule has 8 heteroatoms. The van der Waals surface area contributed by atoms with Gasteiger partial charge < -0.3 is 9.42 Å². The first-order valence-electron chi connectivity index (χ1n) is 8.65. The minimum Gasteiger partial charge on any atom is -0.339 e. The second kappa shape index (κ2) is 6.70. The Hall–Kier alpha value is -3.03. The molecule has 3 aromatic heterocycles. The summed E-state index contributed by atoms with van der Waals surface area (Å²) in [5.41, 5.74) is 2.33. The number of hydrogen-bond donors (Lipinski definition) is 0. The third-order valence-electron chi connectivity index (χ3n) is 4.88. The summed E-state index contributed by atoms with van der Waals surface area (Å²) in [6.45, 7) is 3.20. The van der Waals surface area contributed by atoms with E-state index in [2.05, 4.69) is 20.2 Å². The molecule has 1 atom stereocenters. The number of hydrogen-bond acceptors (Lipinski definition) is 6. The number of carbonyl (C=O) groups is 1. The second-order valence-electron chi connectivity index (χ2n) is 6.56. The van der Waals surface area contributed by atoms with E-state index in [1.165, 1.54) is 0 Å². The van der Waals surface area contributed by atoms with Gasteiger partial charge in [-0.1, -0.05) is 5.16 Å². The summed E-state index contributed by atoms with van der Waals surface area (Å²) >= 11 is 0. The molecule has 1 unspecified atom stereocenters. The molecule has 3 aromatic rings. The Morgan fingerprint density at radius 2 is 2.23 bits per heavy atom. The number of aryl methyl sites for hydroxylation is 1. The Kier molecular flexibility index (Phi) is 4.24. The van der Waals surface area contributed by atoms with Crippen LogP contribution in [0, 0.1) is 6.92 Å². The summed E-state index contributed by atoms with van der Waals surface area (Å²) in [7, 11) is 1.84. The molecule has 4 heterocycles. The highest BCUT2D eigenvalue weighted by atomic mass is 16.5.